The maximum absolute atomic E-state index is 13.2. The summed E-state index contributed by atoms with van der Waals surface area (Å²) in [6.07, 6.45) is 0. The van der Waals surface area contributed by atoms with Gasteiger partial charge in [0.1, 0.15) is 17.4 Å². The van der Waals surface area contributed by atoms with Gasteiger partial charge in [-0.25, -0.2) is 9.37 Å². The molecule has 0 atom stereocenters. The molecule has 0 spiro atoms. The number of aromatic amines is 1. The van der Waals surface area contributed by atoms with Gasteiger partial charge in [0.05, 0.1) is 20.2 Å². The standard InChI is InChI=1S/C13H7FI2N2O/c14-6-1-2-10-11(3-6)18-13(17-10)8-4-7(15)5-9(16)12(8)19/h1-5,19H,(H,17,18). The quantitative estimate of drug-likeness (QED) is 0.512. The van der Waals surface area contributed by atoms with Crippen molar-refractivity contribution < 1.29 is 9.50 Å². The van der Waals surface area contributed by atoms with Gasteiger partial charge in [0.2, 0.25) is 0 Å². The number of aromatic nitrogens is 2. The molecule has 0 amide bonds. The predicted octanol–water partition coefficient (Wildman–Crippen LogP) is 4.28. The molecular weight excluding hydrogens is 473 g/mol. The van der Waals surface area contributed by atoms with Gasteiger partial charge in [0.15, 0.2) is 0 Å². The van der Waals surface area contributed by atoms with Crippen LogP contribution in [0.2, 0.25) is 0 Å². The molecule has 1 aromatic heterocycles. The van der Waals surface area contributed by atoms with Gasteiger partial charge in [-0.1, -0.05) is 0 Å². The van der Waals surface area contributed by atoms with Gasteiger partial charge < -0.3 is 10.1 Å². The highest BCUT2D eigenvalue weighted by Gasteiger charge is 2.13. The van der Waals surface area contributed by atoms with Crippen LogP contribution in [0.25, 0.3) is 22.4 Å². The van der Waals surface area contributed by atoms with Gasteiger partial charge in [-0.2, -0.15) is 0 Å². The number of benzene rings is 2. The average molecular weight is 480 g/mol. The summed E-state index contributed by atoms with van der Waals surface area (Å²) in [5, 5.41) is 10.1. The van der Waals surface area contributed by atoms with Crippen LogP contribution in [0.15, 0.2) is 30.3 Å². The highest BCUT2D eigenvalue weighted by molar-refractivity contribution is 14.1. The molecule has 1 heterocycles. The van der Waals surface area contributed by atoms with E-state index in [9.17, 15) is 9.50 Å². The maximum atomic E-state index is 13.2. The largest absolute Gasteiger partial charge is 0.506 e. The van der Waals surface area contributed by atoms with Crippen LogP contribution in [-0.4, -0.2) is 15.1 Å². The number of phenols is 1. The lowest BCUT2D eigenvalue weighted by atomic mass is 10.2. The van der Waals surface area contributed by atoms with Crippen molar-refractivity contribution >= 4 is 56.2 Å². The number of imidazole rings is 1. The topological polar surface area (TPSA) is 48.9 Å². The minimum atomic E-state index is -0.316. The molecule has 0 unspecified atom stereocenters. The van der Waals surface area contributed by atoms with E-state index in [4.69, 9.17) is 0 Å². The van der Waals surface area contributed by atoms with Crippen LogP contribution in [0, 0.1) is 13.0 Å². The Hall–Kier alpha value is -0.900. The van der Waals surface area contributed by atoms with E-state index in [1.807, 2.05) is 12.1 Å². The first kappa shape index (κ1) is 13.1. The molecule has 0 saturated carbocycles. The zero-order chi connectivity index (χ0) is 13.6. The number of fused-ring (bicyclic) bond motifs is 1. The Bertz CT molecular complexity index is 786. The van der Waals surface area contributed by atoms with E-state index in [-0.39, 0.29) is 11.6 Å². The van der Waals surface area contributed by atoms with Crippen molar-refractivity contribution in [3.8, 4) is 17.1 Å². The van der Waals surface area contributed by atoms with Crippen LogP contribution >= 0.6 is 45.2 Å². The molecular formula is C13H7FI2N2O. The first-order valence-electron chi connectivity index (χ1n) is 5.38. The van der Waals surface area contributed by atoms with E-state index in [2.05, 4.69) is 55.1 Å². The Labute approximate surface area is 135 Å². The minimum Gasteiger partial charge on any atom is -0.506 e. The Morgan fingerprint density at radius 3 is 2.74 bits per heavy atom. The van der Waals surface area contributed by atoms with Crippen molar-refractivity contribution in [2.45, 2.75) is 0 Å². The third-order valence-electron chi connectivity index (χ3n) is 2.73. The second-order valence-electron chi connectivity index (χ2n) is 4.03. The van der Waals surface area contributed by atoms with Gasteiger partial charge in [-0.15, -0.1) is 0 Å². The molecule has 19 heavy (non-hydrogen) atoms. The summed E-state index contributed by atoms with van der Waals surface area (Å²) < 4.78 is 14.9. The molecule has 3 rings (SSSR count). The molecule has 0 aliphatic carbocycles. The number of rotatable bonds is 1. The van der Waals surface area contributed by atoms with Gasteiger partial charge in [0, 0.05) is 3.57 Å². The van der Waals surface area contributed by atoms with E-state index in [1.165, 1.54) is 12.1 Å². The number of hydrogen-bond acceptors (Lipinski definition) is 2. The molecule has 3 nitrogen and oxygen atoms in total. The van der Waals surface area contributed by atoms with Crippen molar-refractivity contribution in [1.29, 1.82) is 0 Å². The van der Waals surface area contributed by atoms with Crippen molar-refractivity contribution in [1.82, 2.24) is 9.97 Å². The highest BCUT2D eigenvalue weighted by atomic mass is 127. The maximum Gasteiger partial charge on any atom is 0.142 e. The summed E-state index contributed by atoms with van der Waals surface area (Å²) in [6, 6.07) is 8.09. The van der Waals surface area contributed by atoms with Crippen LogP contribution in [0.5, 0.6) is 5.75 Å². The summed E-state index contributed by atoms with van der Waals surface area (Å²) in [7, 11) is 0. The SMILES string of the molecule is Oc1c(I)cc(I)cc1-c1nc2ccc(F)cc2[nH]1. The predicted molar refractivity (Wildman–Crippen MR) is 88.6 cm³/mol. The third kappa shape index (κ3) is 2.42. The zero-order valence-electron chi connectivity index (χ0n) is 9.42. The molecule has 3 aromatic rings. The molecule has 0 aliphatic rings. The fourth-order valence-corrected chi connectivity index (χ4v) is 3.70. The number of nitrogens with zero attached hydrogens (tertiary/aromatic N) is 1. The smallest absolute Gasteiger partial charge is 0.142 e. The van der Waals surface area contributed by atoms with Gasteiger partial charge in [-0.3, -0.25) is 0 Å². The number of phenolic OH excluding ortho intramolecular Hbond substituents is 1. The van der Waals surface area contributed by atoms with Crippen LogP contribution < -0.4 is 0 Å². The average Bonchev–Trinajstić information content (AvgIpc) is 2.76. The second-order valence-corrected chi connectivity index (χ2v) is 6.44. The monoisotopic (exact) mass is 480 g/mol. The van der Waals surface area contributed by atoms with E-state index in [0.717, 1.165) is 7.14 Å². The van der Waals surface area contributed by atoms with E-state index in [1.54, 1.807) is 6.07 Å². The number of halogens is 3. The van der Waals surface area contributed by atoms with Gasteiger partial charge in [0.25, 0.3) is 0 Å². The molecule has 0 saturated heterocycles. The van der Waals surface area contributed by atoms with Crippen molar-refractivity contribution in [2.24, 2.45) is 0 Å². The minimum absolute atomic E-state index is 0.181. The lowest BCUT2D eigenvalue weighted by molar-refractivity contribution is 0.473. The van der Waals surface area contributed by atoms with Crippen LogP contribution in [0.4, 0.5) is 4.39 Å². The summed E-state index contributed by atoms with van der Waals surface area (Å²) >= 11 is 4.25. The molecule has 0 radical (unpaired) electrons. The second kappa shape index (κ2) is 4.89. The molecule has 96 valence electrons. The van der Waals surface area contributed by atoms with Crippen LogP contribution in [0.3, 0.4) is 0 Å². The van der Waals surface area contributed by atoms with Gasteiger partial charge in [-0.05, 0) is 75.5 Å². The summed E-state index contributed by atoms with van der Waals surface area (Å²) in [4.78, 5) is 7.41. The first-order valence-corrected chi connectivity index (χ1v) is 7.54. The molecule has 6 heteroatoms. The molecule has 2 aromatic carbocycles. The van der Waals surface area contributed by atoms with Crippen molar-refractivity contribution in [2.75, 3.05) is 0 Å². The van der Waals surface area contributed by atoms with Crippen molar-refractivity contribution in [3.05, 3.63) is 43.3 Å². The van der Waals surface area contributed by atoms with Crippen LogP contribution in [0.1, 0.15) is 0 Å². The highest BCUT2D eigenvalue weighted by Crippen LogP contribution is 2.34. The summed E-state index contributed by atoms with van der Waals surface area (Å²) in [5.41, 5.74) is 1.90. The third-order valence-corrected chi connectivity index (χ3v) is 4.17. The van der Waals surface area contributed by atoms with E-state index < -0.39 is 0 Å². The fourth-order valence-electron chi connectivity index (χ4n) is 1.86. The Morgan fingerprint density at radius 1 is 1.16 bits per heavy atom. The molecule has 0 bridgehead atoms. The first-order chi connectivity index (χ1) is 9.04. The Morgan fingerprint density at radius 2 is 1.95 bits per heavy atom. The zero-order valence-corrected chi connectivity index (χ0v) is 13.7. The lowest BCUT2D eigenvalue weighted by Gasteiger charge is -2.04. The molecule has 0 fully saturated rings. The van der Waals surface area contributed by atoms with Crippen molar-refractivity contribution in [3.63, 3.8) is 0 Å². The number of H-pyrrole nitrogens is 1. The fraction of sp³-hybridized carbons (Fsp3) is 0. The summed E-state index contributed by atoms with van der Waals surface area (Å²) in [5.74, 6) is 0.402. The number of aromatic hydroxyl groups is 1. The van der Waals surface area contributed by atoms with Crippen LogP contribution in [-0.2, 0) is 0 Å². The van der Waals surface area contributed by atoms with Gasteiger partial charge >= 0.3 is 0 Å². The lowest BCUT2D eigenvalue weighted by Crippen LogP contribution is -1.86. The molecule has 2 N–H and O–H groups in total. The normalized spacial score (nSPS) is 11.1. The number of hydrogen-bond donors (Lipinski definition) is 2. The Balaban J connectivity index is 2.24. The van der Waals surface area contributed by atoms with E-state index >= 15 is 0 Å². The molecule has 0 aliphatic heterocycles. The Kier molecular flexibility index (Phi) is 3.37. The van der Waals surface area contributed by atoms with E-state index in [0.29, 0.717) is 22.4 Å². The summed E-state index contributed by atoms with van der Waals surface area (Å²) in [6.45, 7) is 0. The number of nitrogens with one attached hydrogen (secondary N) is 1.